The molecule has 2 aromatic rings. The van der Waals surface area contributed by atoms with E-state index in [0.29, 0.717) is 17.9 Å². The number of carbonyl (C=O) groups is 2. The minimum Gasteiger partial charge on any atom is -0.323 e. The van der Waals surface area contributed by atoms with Gasteiger partial charge in [-0.2, -0.15) is 5.10 Å². The Labute approximate surface area is 144 Å². The van der Waals surface area contributed by atoms with Crippen molar-refractivity contribution in [2.75, 3.05) is 5.32 Å². The summed E-state index contributed by atoms with van der Waals surface area (Å²) in [6.45, 7) is 4.16. The van der Waals surface area contributed by atoms with Gasteiger partial charge in [0.15, 0.2) is 0 Å². The molecule has 7 heteroatoms. The van der Waals surface area contributed by atoms with Crippen LogP contribution in [0.3, 0.4) is 0 Å². The van der Waals surface area contributed by atoms with Crippen molar-refractivity contribution in [2.45, 2.75) is 38.8 Å². The van der Waals surface area contributed by atoms with Gasteiger partial charge >= 0.3 is 0 Å². The van der Waals surface area contributed by atoms with E-state index >= 15 is 0 Å². The van der Waals surface area contributed by atoms with E-state index < -0.39 is 5.54 Å². The number of aromatic nitrogens is 2. The lowest BCUT2D eigenvalue weighted by Gasteiger charge is -2.31. The highest BCUT2D eigenvalue weighted by atomic mass is 19.1. The predicted octanol–water partition coefficient (Wildman–Crippen LogP) is 2.79. The van der Waals surface area contributed by atoms with Crippen LogP contribution >= 0.6 is 0 Å². The van der Waals surface area contributed by atoms with E-state index in [1.807, 2.05) is 13.8 Å². The van der Waals surface area contributed by atoms with Crippen LogP contribution in [0.15, 0.2) is 24.3 Å². The van der Waals surface area contributed by atoms with E-state index in [0.717, 1.165) is 24.1 Å². The summed E-state index contributed by atoms with van der Waals surface area (Å²) in [5.74, 6) is 0.0743. The Kier molecular flexibility index (Phi) is 3.42. The molecule has 1 aromatic carbocycles. The molecule has 0 radical (unpaired) electrons. The first-order valence-corrected chi connectivity index (χ1v) is 8.34. The van der Waals surface area contributed by atoms with E-state index in [2.05, 4.69) is 15.5 Å². The van der Waals surface area contributed by atoms with Gasteiger partial charge in [-0.15, -0.1) is 0 Å². The lowest BCUT2D eigenvalue weighted by atomic mass is 10.00. The Morgan fingerprint density at radius 3 is 2.60 bits per heavy atom. The van der Waals surface area contributed by atoms with E-state index in [4.69, 9.17) is 0 Å². The van der Waals surface area contributed by atoms with Crippen LogP contribution in [-0.2, 0) is 16.9 Å². The van der Waals surface area contributed by atoms with Gasteiger partial charge < -0.3 is 10.2 Å². The third kappa shape index (κ3) is 2.59. The lowest BCUT2D eigenvalue weighted by Crippen LogP contribution is -2.40. The molecule has 1 aliphatic heterocycles. The number of amides is 2. The fourth-order valence-corrected chi connectivity index (χ4v) is 3.26. The summed E-state index contributed by atoms with van der Waals surface area (Å²) >= 11 is 0. The first-order valence-electron chi connectivity index (χ1n) is 8.34. The molecule has 25 heavy (non-hydrogen) atoms. The summed E-state index contributed by atoms with van der Waals surface area (Å²) in [6, 6.07) is 5.51. The number of nitrogens with zero attached hydrogens (tertiary/aromatic N) is 2. The molecule has 130 valence electrons. The van der Waals surface area contributed by atoms with E-state index in [-0.39, 0.29) is 23.5 Å². The number of hydrogen-bond acceptors (Lipinski definition) is 3. The molecule has 2 aliphatic rings. The number of aromatic amines is 1. The zero-order valence-corrected chi connectivity index (χ0v) is 14.1. The quantitative estimate of drug-likeness (QED) is 0.900. The molecule has 4 rings (SSSR count). The molecule has 2 heterocycles. The molecule has 0 atom stereocenters. The molecule has 0 unspecified atom stereocenters. The van der Waals surface area contributed by atoms with Crippen LogP contribution in [-0.4, -0.2) is 26.9 Å². The van der Waals surface area contributed by atoms with Gasteiger partial charge in [0.2, 0.25) is 5.91 Å². The van der Waals surface area contributed by atoms with Crippen LogP contribution in [0.2, 0.25) is 0 Å². The number of nitrogens with one attached hydrogen (secondary N) is 2. The number of rotatable bonds is 3. The second kappa shape index (κ2) is 5.40. The van der Waals surface area contributed by atoms with Gasteiger partial charge in [-0.05, 0) is 51.0 Å². The van der Waals surface area contributed by atoms with Crippen LogP contribution < -0.4 is 5.32 Å². The van der Waals surface area contributed by atoms with Gasteiger partial charge in [0, 0.05) is 17.0 Å². The zero-order valence-electron chi connectivity index (χ0n) is 14.1. The van der Waals surface area contributed by atoms with Crippen LogP contribution in [0.1, 0.15) is 48.3 Å². The minimum absolute atomic E-state index is 0.00688. The molecule has 0 spiro atoms. The van der Waals surface area contributed by atoms with Crippen molar-refractivity contribution in [1.29, 1.82) is 0 Å². The first-order chi connectivity index (χ1) is 11.9. The van der Waals surface area contributed by atoms with E-state index in [1.165, 1.54) is 24.3 Å². The first kappa shape index (κ1) is 15.8. The van der Waals surface area contributed by atoms with Gasteiger partial charge in [0.25, 0.3) is 5.91 Å². The highest BCUT2D eigenvalue weighted by Gasteiger charge is 2.44. The Balaban J connectivity index is 1.61. The molecular formula is C18H19FN4O2. The van der Waals surface area contributed by atoms with E-state index in [9.17, 15) is 14.0 Å². The van der Waals surface area contributed by atoms with Crippen molar-refractivity contribution < 1.29 is 14.0 Å². The maximum Gasteiger partial charge on any atom is 0.254 e. The highest BCUT2D eigenvalue weighted by molar-refractivity contribution is 5.96. The molecule has 0 saturated heterocycles. The number of benzene rings is 1. The second-order valence-corrected chi connectivity index (χ2v) is 7.15. The Hall–Kier alpha value is -2.70. The third-order valence-corrected chi connectivity index (χ3v) is 4.97. The molecule has 6 nitrogen and oxygen atoms in total. The maximum atomic E-state index is 13.1. The number of anilines is 1. The Bertz CT molecular complexity index is 852. The number of H-pyrrole nitrogens is 1. The lowest BCUT2D eigenvalue weighted by molar-refractivity contribution is -0.117. The Morgan fingerprint density at radius 2 is 1.96 bits per heavy atom. The van der Waals surface area contributed by atoms with Gasteiger partial charge in [-0.1, -0.05) is 0 Å². The van der Waals surface area contributed by atoms with Gasteiger partial charge in [-0.25, -0.2) is 4.39 Å². The number of hydrogen-bond donors (Lipinski definition) is 2. The second-order valence-electron chi connectivity index (χ2n) is 7.15. The standard InChI is InChI=1S/C18H19FN4O2/c1-18(2)14-13(15(22-21-14)20-16(24)10-3-4-10)9-23(18)17(25)11-5-7-12(19)8-6-11/h5-8,10H,3-4,9H2,1-2H3,(H2,20,21,22,24). The molecule has 1 aliphatic carbocycles. The largest absolute Gasteiger partial charge is 0.323 e. The number of halogens is 1. The fraction of sp³-hybridized carbons (Fsp3) is 0.389. The van der Waals surface area contributed by atoms with Crippen LogP contribution in [0.4, 0.5) is 10.2 Å². The minimum atomic E-state index is -0.625. The average Bonchev–Trinajstić information content (AvgIpc) is 3.29. The summed E-state index contributed by atoms with van der Waals surface area (Å²) in [5.41, 5.74) is 1.37. The topological polar surface area (TPSA) is 78.1 Å². The summed E-state index contributed by atoms with van der Waals surface area (Å²) in [6.07, 6.45) is 1.84. The monoisotopic (exact) mass is 342 g/mol. The number of fused-ring (bicyclic) bond motifs is 1. The molecule has 0 bridgehead atoms. The van der Waals surface area contributed by atoms with Crippen molar-refractivity contribution >= 4 is 17.6 Å². The summed E-state index contributed by atoms with van der Waals surface area (Å²) in [4.78, 5) is 26.6. The molecule has 2 N–H and O–H groups in total. The van der Waals surface area contributed by atoms with Crippen molar-refractivity contribution in [1.82, 2.24) is 15.1 Å². The summed E-state index contributed by atoms with van der Waals surface area (Å²) < 4.78 is 13.1. The smallest absolute Gasteiger partial charge is 0.254 e. The highest BCUT2D eigenvalue weighted by Crippen LogP contribution is 2.41. The SMILES string of the molecule is CC1(C)c2n[nH]c(NC(=O)C3CC3)c2CN1C(=O)c1ccc(F)cc1. The predicted molar refractivity (Wildman–Crippen MR) is 89.2 cm³/mol. The third-order valence-electron chi connectivity index (χ3n) is 4.97. The average molecular weight is 342 g/mol. The molecular weight excluding hydrogens is 323 g/mol. The van der Waals surface area contributed by atoms with Crippen LogP contribution in [0.25, 0.3) is 0 Å². The van der Waals surface area contributed by atoms with Gasteiger partial charge in [-0.3, -0.25) is 14.7 Å². The van der Waals surface area contributed by atoms with Gasteiger partial charge in [0.1, 0.15) is 11.6 Å². The van der Waals surface area contributed by atoms with Gasteiger partial charge in [0.05, 0.1) is 17.8 Å². The van der Waals surface area contributed by atoms with Crippen molar-refractivity contribution in [3.05, 3.63) is 46.9 Å². The maximum absolute atomic E-state index is 13.1. The van der Waals surface area contributed by atoms with Crippen molar-refractivity contribution in [3.63, 3.8) is 0 Å². The fourth-order valence-electron chi connectivity index (χ4n) is 3.26. The summed E-state index contributed by atoms with van der Waals surface area (Å²) in [5, 5.41) is 10.1. The van der Waals surface area contributed by atoms with Crippen LogP contribution in [0.5, 0.6) is 0 Å². The Morgan fingerprint density at radius 1 is 1.28 bits per heavy atom. The zero-order chi connectivity index (χ0) is 17.8. The van der Waals surface area contributed by atoms with E-state index in [1.54, 1.807) is 4.90 Å². The van der Waals surface area contributed by atoms with Crippen molar-refractivity contribution in [3.8, 4) is 0 Å². The molecule has 1 saturated carbocycles. The van der Waals surface area contributed by atoms with Crippen molar-refractivity contribution in [2.24, 2.45) is 5.92 Å². The molecule has 1 aromatic heterocycles. The normalized spacial score (nSPS) is 18.1. The molecule has 1 fully saturated rings. The molecule has 2 amide bonds. The van der Waals surface area contributed by atoms with Crippen LogP contribution in [0, 0.1) is 11.7 Å². The summed E-state index contributed by atoms with van der Waals surface area (Å²) in [7, 11) is 0. The number of carbonyl (C=O) groups excluding carboxylic acids is 2.